The van der Waals surface area contributed by atoms with Crippen molar-refractivity contribution in [1.29, 1.82) is 0 Å². The molecule has 1 aromatic heterocycles. The van der Waals surface area contributed by atoms with E-state index in [9.17, 15) is 4.79 Å². The highest BCUT2D eigenvalue weighted by molar-refractivity contribution is 5.84. The smallest absolute Gasteiger partial charge is 0.243 e. The standard InChI is InChI=1S/C17H31N7O2/c1-5-6-9-18-17(19-10-16(25)23(2)3)20-13-7-8-15-21-14(12-26-4)22-24(15)11-13/h13H,5-12H2,1-4H3,(H2,18,19,20). The Hall–Kier alpha value is -2.16. The second-order valence-electron chi connectivity index (χ2n) is 6.67. The van der Waals surface area contributed by atoms with Crippen LogP contribution in [0.3, 0.4) is 0 Å². The second-order valence-corrected chi connectivity index (χ2v) is 6.67. The number of nitrogens with zero attached hydrogens (tertiary/aromatic N) is 5. The fraction of sp³-hybridized carbons (Fsp3) is 0.765. The summed E-state index contributed by atoms with van der Waals surface area (Å²) in [5.74, 6) is 2.37. The van der Waals surface area contributed by atoms with Crippen molar-refractivity contribution in [3.05, 3.63) is 11.6 Å². The Morgan fingerprint density at radius 3 is 2.96 bits per heavy atom. The first-order chi connectivity index (χ1) is 12.5. The summed E-state index contributed by atoms with van der Waals surface area (Å²) in [7, 11) is 5.12. The Morgan fingerprint density at radius 2 is 2.27 bits per heavy atom. The van der Waals surface area contributed by atoms with Crippen LogP contribution < -0.4 is 10.6 Å². The molecule has 1 aliphatic heterocycles. The summed E-state index contributed by atoms with van der Waals surface area (Å²) in [5, 5.41) is 11.2. The number of unbranched alkanes of at least 4 members (excludes halogenated alkanes) is 1. The van der Waals surface area contributed by atoms with E-state index in [2.05, 4.69) is 32.6 Å². The SMILES string of the molecule is CCCCNC(=NCC(=O)N(C)C)NC1CCc2nc(COC)nn2C1. The molecule has 0 radical (unpaired) electrons. The van der Waals surface area contributed by atoms with Crippen LogP contribution in [-0.2, 0) is 29.1 Å². The molecule has 26 heavy (non-hydrogen) atoms. The van der Waals surface area contributed by atoms with Gasteiger partial charge in [0.2, 0.25) is 5.91 Å². The van der Waals surface area contributed by atoms with E-state index in [0.29, 0.717) is 12.6 Å². The lowest BCUT2D eigenvalue weighted by Crippen LogP contribution is -2.47. The van der Waals surface area contributed by atoms with Crippen LogP contribution in [0.15, 0.2) is 4.99 Å². The molecule has 1 aromatic rings. The summed E-state index contributed by atoms with van der Waals surface area (Å²) in [4.78, 5) is 22.3. The molecule has 0 aliphatic carbocycles. The molecule has 1 unspecified atom stereocenters. The van der Waals surface area contributed by atoms with Crippen molar-refractivity contribution in [2.45, 2.75) is 51.8 Å². The molecule has 0 spiro atoms. The second kappa shape index (κ2) is 10.1. The van der Waals surface area contributed by atoms with Gasteiger partial charge in [-0.05, 0) is 12.8 Å². The van der Waals surface area contributed by atoms with Crippen LogP contribution >= 0.6 is 0 Å². The zero-order chi connectivity index (χ0) is 18.9. The van der Waals surface area contributed by atoms with Crippen molar-refractivity contribution >= 4 is 11.9 Å². The van der Waals surface area contributed by atoms with Crippen LogP contribution in [-0.4, -0.2) is 71.9 Å². The van der Waals surface area contributed by atoms with Gasteiger partial charge in [0.25, 0.3) is 0 Å². The molecule has 146 valence electrons. The first-order valence-electron chi connectivity index (χ1n) is 9.20. The molecule has 0 bridgehead atoms. The first kappa shape index (κ1) is 20.2. The van der Waals surface area contributed by atoms with Gasteiger partial charge in [0, 0.05) is 40.2 Å². The van der Waals surface area contributed by atoms with Crippen molar-refractivity contribution in [3.8, 4) is 0 Å². The molecule has 0 fully saturated rings. The van der Waals surface area contributed by atoms with Gasteiger partial charge in [0.1, 0.15) is 19.0 Å². The van der Waals surface area contributed by atoms with Gasteiger partial charge in [-0.25, -0.2) is 14.7 Å². The summed E-state index contributed by atoms with van der Waals surface area (Å²) < 4.78 is 7.04. The fourth-order valence-electron chi connectivity index (χ4n) is 2.69. The maximum Gasteiger partial charge on any atom is 0.243 e. The van der Waals surface area contributed by atoms with Gasteiger partial charge in [0.05, 0.1) is 6.54 Å². The number of hydrogen-bond donors (Lipinski definition) is 2. The average Bonchev–Trinajstić information content (AvgIpc) is 3.01. The third-order valence-corrected chi connectivity index (χ3v) is 4.21. The number of aliphatic imine (C=N–C) groups is 1. The number of carbonyl (C=O) groups is 1. The average molecular weight is 365 g/mol. The van der Waals surface area contributed by atoms with Crippen LogP contribution in [0.4, 0.5) is 0 Å². The molecular formula is C17H31N7O2. The first-order valence-corrected chi connectivity index (χ1v) is 9.20. The highest BCUT2D eigenvalue weighted by Gasteiger charge is 2.22. The van der Waals surface area contributed by atoms with Gasteiger partial charge < -0.3 is 20.3 Å². The zero-order valence-electron chi connectivity index (χ0n) is 16.3. The van der Waals surface area contributed by atoms with Crippen LogP contribution in [0.5, 0.6) is 0 Å². The summed E-state index contributed by atoms with van der Waals surface area (Å²) >= 11 is 0. The van der Waals surface area contributed by atoms with Gasteiger partial charge in [-0.3, -0.25) is 4.79 Å². The number of nitrogens with one attached hydrogen (secondary N) is 2. The monoisotopic (exact) mass is 365 g/mol. The Balaban J connectivity index is 1.97. The van der Waals surface area contributed by atoms with E-state index in [1.807, 2.05) is 4.68 Å². The van der Waals surface area contributed by atoms with E-state index < -0.39 is 0 Å². The molecule has 2 heterocycles. The number of amides is 1. The van der Waals surface area contributed by atoms with Crippen molar-refractivity contribution in [1.82, 2.24) is 30.3 Å². The lowest BCUT2D eigenvalue weighted by atomic mass is 10.1. The molecule has 0 aromatic carbocycles. The number of guanidine groups is 1. The number of aryl methyl sites for hydroxylation is 1. The van der Waals surface area contributed by atoms with E-state index in [1.54, 1.807) is 26.1 Å². The number of fused-ring (bicyclic) bond motifs is 1. The lowest BCUT2D eigenvalue weighted by Gasteiger charge is -2.25. The van der Waals surface area contributed by atoms with Crippen molar-refractivity contribution in [2.24, 2.45) is 4.99 Å². The minimum Gasteiger partial charge on any atom is -0.377 e. The molecule has 0 saturated carbocycles. The van der Waals surface area contributed by atoms with Crippen molar-refractivity contribution in [2.75, 3.05) is 34.3 Å². The van der Waals surface area contributed by atoms with Crippen molar-refractivity contribution < 1.29 is 9.53 Å². The number of ether oxygens (including phenoxy) is 1. The summed E-state index contributed by atoms with van der Waals surface area (Å²) in [5.41, 5.74) is 0. The third-order valence-electron chi connectivity index (χ3n) is 4.21. The Labute approximate surface area is 155 Å². The van der Waals surface area contributed by atoms with E-state index in [4.69, 9.17) is 4.74 Å². The van der Waals surface area contributed by atoms with Gasteiger partial charge in [0.15, 0.2) is 11.8 Å². The molecule has 0 saturated heterocycles. The van der Waals surface area contributed by atoms with E-state index >= 15 is 0 Å². The number of aromatic nitrogens is 3. The maximum atomic E-state index is 11.8. The molecule has 1 aliphatic rings. The van der Waals surface area contributed by atoms with Crippen LogP contribution in [0.25, 0.3) is 0 Å². The molecule has 2 rings (SSSR count). The Kier molecular flexibility index (Phi) is 7.83. The number of carbonyl (C=O) groups excluding carboxylic acids is 1. The largest absolute Gasteiger partial charge is 0.377 e. The van der Waals surface area contributed by atoms with Gasteiger partial charge in [-0.15, -0.1) is 0 Å². The number of rotatable bonds is 8. The molecule has 1 amide bonds. The zero-order valence-corrected chi connectivity index (χ0v) is 16.3. The molecular weight excluding hydrogens is 334 g/mol. The molecule has 2 N–H and O–H groups in total. The van der Waals surface area contributed by atoms with Gasteiger partial charge in [-0.2, -0.15) is 5.10 Å². The summed E-state index contributed by atoms with van der Waals surface area (Å²) in [6.45, 7) is 4.26. The van der Waals surface area contributed by atoms with Crippen molar-refractivity contribution in [3.63, 3.8) is 0 Å². The van der Waals surface area contributed by atoms with Crippen LogP contribution in [0.1, 0.15) is 37.8 Å². The highest BCUT2D eigenvalue weighted by Crippen LogP contribution is 2.13. The molecule has 1 atom stereocenters. The fourth-order valence-corrected chi connectivity index (χ4v) is 2.69. The lowest BCUT2D eigenvalue weighted by molar-refractivity contribution is -0.127. The van der Waals surface area contributed by atoms with Crippen LogP contribution in [0, 0.1) is 0 Å². The molecule has 9 nitrogen and oxygen atoms in total. The maximum absolute atomic E-state index is 11.8. The van der Waals surface area contributed by atoms with Gasteiger partial charge in [-0.1, -0.05) is 13.3 Å². The minimum atomic E-state index is -0.0204. The highest BCUT2D eigenvalue weighted by atomic mass is 16.5. The van der Waals surface area contributed by atoms with Gasteiger partial charge >= 0.3 is 0 Å². The van der Waals surface area contributed by atoms with E-state index in [0.717, 1.165) is 50.4 Å². The predicted molar refractivity (Wildman–Crippen MR) is 99.9 cm³/mol. The summed E-state index contributed by atoms with van der Waals surface area (Å²) in [6, 6.07) is 0.196. The summed E-state index contributed by atoms with van der Waals surface area (Å²) in [6.07, 6.45) is 3.96. The number of methoxy groups -OCH3 is 1. The quantitative estimate of drug-likeness (QED) is 0.387. The Bertz CT molecular complexity index is 612. The minimum absolute atomic E-state index is 0.0204. The van der Waals surface area contributed by atoms with E-state index in [1.165, 1.54) is 0 Å². The third kappa shape index (κ3) is 5.98. The molecule has 9 heteroatoms. The Morgan fingerprint density at radius 1 is 1.46 bits per heavy atom. The van der Waals surface area contributed by atoms with Crippen LogP contribution in [0.2, 0.25) is 0 Å². The topological polar surface area (TPSA) is 96.7 Å². The normalized spacial score (nSPS) is 16.9. The number of likely N-dealkylation sites (N-methyl/N-ethyl adjacent to an activating group) is 1. The van der Waals surface area contributed by atoms with E-state index in [-0.39, 0.29) is 18.5 Å². The predicted octanol–water partition coefficient (Wildman–Crippen LogP) is 0.163. The number of hydrogen-bond acceptors (Lipinski definition) is 5.